The van der Waals surface area contributed by atoms with Crippen LogP contribution in [0.25, 0.3) is 11.3 Å². The number of para-hydroxylation sites is 1. The second-order valence-electron chi connectivity index (χ2n) is 7.65. The lowest BCUT2D eigenvalue weighted by Crippen LogP contribution is -2.39. The molecule has 5 heteroatoms. The minimum Gasteiger partial charge on any atom is -0.496 e. The average Bonchev–Trinajstić information content (AvgIpc) is 2.83. The molecular weight excluding hydrogens is 374 g/mol. The van der Waals surface area contributed by atoms with E-state index in [-0.39, 0.29) is 11.8 Å². The Bertz CT molecular complexity index is 990. The van der Waals surface area contributed by atoms with Crippen LogP contribution in [-0.4, -0.2) is 41.0 Å². The van der Waals surface area contributed by atoms with Gasteiger partial charge in [0, 0.05) is 43.4 Å². The van der Waals surface area contributed by atoms with Gasteiger partial charge < -0.3 is 9.64 Å². The summed E-state index contributed by atoms with van der Waals surface area (Å²) >= 11 is 0. The Hall–Kier alpha value is -3.21. The Balaban J connectivity index is 1.50. The van der Waals surface area contributed by atoms with Gasteiger partial charge in [0.05, 0.1) is 18.5 Å². The minimum absolute atomic E-state index is 0.174. The highest BCUT2D eigenvalue weighted by Gasteiger charge is 2.28. The molecule has 154 valence electrons. The van der Waals surface area contributed by atoms with Gasteiger partial charge in [-0.1, -0.05) is 42.5 Å². The number of amides is 1. The van der Waals surface area contributed by atoms with E-state index in [2.05, 4.69) is 22.1 Å². The van der Waals surface area contributed by atoms with Crippen LogP contribution in [0.3, 0.4) is 0 Å². The first kappa shape index (κ1) is 20.1. The zero-order valence-corrected chi connectivity index (χ0v) is 17.3. The quantitative estimate of drug-likeness (QED) is 0.611. The third-order valence-corrected chi connectivity index (χ3v) is 5.72. The van der Waals surface area contributed by atoms with Crippen molar-refractivity contribution in [1.82, 2.24) is 14.9 Å². The zero-order valence-electron chi connectivity index (χ0n) is 17.3. The van der Waals surface area contributed by atoms with E-state index in [9.17, 15) is 4.79 Å². The topological polar surface area (TPSA) is 55.3 Å². The number of methoxy groups -OCH3 is 1. The fourth-order valence-corrected chi connectivity index (χ4v) is 4.18. The van der Waals surface area contributed by atoms with Crippen LogP contribution >= 0.6 is 0 Å². The Morgan fingerprint density at radius 3 is 2.67 bits per heavy atom. The van der Waals surface area contributed by atoms with E-state index in [1.54, 1.807) is 19.5 Å². The zero-order chi connectivity index (χ0) is 20.8. The second kappa shape index (κ2) is 9.53. The molecule has 1 aliphatic heterocycles. The van der Waals surface area contributed by atoms with E-state index in [4.69, 9.17) is 4.74 Å². The van der Waals surface area contributed by atoms with Crippen molar-refractivity contribution in [2.24, 2.45) is 0 Å². The van der Waals surface area contributed by atoms with Crippen molar-refractivity contribution >= 4 is 5.91 Å². The maximum absolute atomic E-state index is 12.9. The van der Waals surface area contributed by atoms with E-state index in [0.29, 0.717) is 13.0 Å². The Morgan fingerprint density at radius 2 is 1.83 bits per heavy atom. The first-order chi connectivity index (χ1) is 14.8. The van der Waals surface area contributed by atoms with E-state index >= 15 is 0 Å². The summed E-state index contributed by atoms with van der Waals surface area (Å²) in [5, 5.41) is 0. The van der Waals surface area contributed by atoms with Gasteiger partial charge in [-0.05, 0) is 37.0 Å². The number of aryl methyl sites for hydroxylation is 1. The number of carbonyl (C=O) groups is 1. The number of nitrogens with zero attached hydrogens (tertiary/aromatic N) is 3. The predicted molar refractivity (Wildman–Crippen MR) is 117 cm³/mol. The predicted octanol–water partition coefficient (Wildman–Crippen LogP) is 4.49. The molecule has 30 heavy (non-hydrogen) atoms. The molecule has 0 spiro atoms. The fraction of sp³-hybridized carbons (Fsp3) is 0.320. The summed E-state index contributed by atoms with van der Waals surface area (Å²) < 4.78 is 5.54. The Kier molecular flexibility index (Phi) is 6.38. The summed E-state index contributed by atoms with van der Waals surface area (Å²) in [6.45, 7) is 1.50. The molecule has 2 aromatic carbocycles. The third-order valence-electron chi connectivity index (χ3n) is 5.72. The highest BCUT2D eigenvalue weighted by atomic mass is 16.5. The summed E-state index contributed by atoms with van der Waals surface area (Å²) in [4.78, 5) is 24.2. The Labute approximate surface area is 177 Å². The van der Waals surface area contributed by atoms with Gasteiger partial charge >= 0.3 is 0 Å². The SMILES string of the molecule is COc1ccccc1-c1nccnc1C1CCCN(C(=O)CCc2ccccc2)C1. The number of likely N-dealkylation sites (tertiary alicyclic amines) is 1. The van der Waals surface area contributed by atoms with Gasteiger partial charge in [0.2, 0.25) is 5.91 Å². The van der Waals surface area contributed by atoms with Gasteiger partial charge in [0.1, 0.15) is 5.75 Å². The monoisotopic (exact) mass is 401 g/mol. The second-order valence-corrected chi connectivity index (χ2v) is 7.65. The molecule has 0 saturated carbocycles. The van der Waals surface area contributed by atoms with Crippen molar-refractivity contribution in [2.45, 2.75) is 31.6 Å². The molecule has 4 rings (SSSR count). The number of carbonyl (C=O) groups excluding carboxylic acids is 1. The summed E-state index contributed by atoms with van der Waals surface area (Å²) in [5.41, 5.74) is 3.93. The molecule has 2 heterocycles. The molecule has 1 fully saturated rings. The lowest BCUT2D eigenvalue weighted by Gasteiger charge is -2.33. The minimum atomic E-state index is 0.174. The van der Waals surface area contributed by atoms with E-state index in [1.807, 2.05) is 47.4 Å². The number of rotatable bonds is 6. The number of aromatic nitrogens is 2. The average molecular weight is 402 g/mol. The fourth-order valence-electron chi connectivity index (χ4n) is 4.18. The first-order valence-electron chi connectivity index (χ1n) is 10.5. The van der Waals surface area contributed by atoms with Gasteiger partial charge in [0.25, 0.3) is 0 Å². The van der Waals surface area contributed by atoms with Gasteiger partial charge in [-0.25, -0.2) is 0 Å². The summed E-state index contributed by atoms with van der Waals surface area (Å²) in [7, 11) is 1.67. The van der Waals surface area contributed by atoms with Crippen molar-refractivity contribution in [1.29, 1.82) is 0 Å². The number of piperidine rings is 1. The molecule has 0 aliphatic carbocycles. The summed E-state index contributed by atoms with van der Waals surface area (Å²) in [6, 6.07) is 18.1. The smallest absolute Gasteiger partial charge is 0.222 e. The molecule has 3 aromatic rings. The molecule has 1 aliphatic rings. The maximum Gasteiger partial charge on any atom is 0.222 e. The van der Waals surface area contributed by atoms with Crippen LogP contribution in [-0.2, 0) is 11.2 Å². The largest absolute Gasteiger partial charge is 0.496 e. The normalized spacial score (nSPS) is 16.3. The molecule has 1 saturated heterocycles. The number of ether oxygens (including phenoxy) is 1. The van der Waals surface area contributed by atoms with Crippen LogP contribution in [0.1, 0.15) is 36.4 Å². The van der Waals surface area contributed by atoms with Crippen molar-refractivity contribution in [3.63, 3.8) is 0 Å². The van der Waals surface area contributed by atoms with Gasteiger partial charge in [-0.15, -0.1) is 0 Å². The van der Waals surface area contributed by atoms with Crippen LogP contribution in [0, 0.1) is 0 Å². The van der Waals surface area contributed by atoms with E-state index in [1.165, 1.54) is 5.56 Å². The molecule has 1 unspecified atom stereocenters. The van der Waals surface area contributed by atoms with Crippen LogP contribution in [0.2, 0.25) is 0 Å². The van der Waals surface area contributed by atoms with Crippen LogP contribution < -0.4 is 4.74 Å². The lowest BCUT2D eigenvalue weighted by molar-refractivity contribution is -0.132. The van der Waals surface area contributed by atoms with Crippen molar-refractivity contribution < 1.29 is 9.53 Å². The highest BCUT2D eigenvalue weighted by Crippen LogP contribution is 2.35. The molecular formula is C25H27N3O2. The molecule has 1 aromatic heterocycles. The summed E-state index contributed by atoms with van der Waals surface area (Å²) in [6.07, 6.45) is 6.75. The van der Waals surface area contributed by atoms with Gasteiger partial charge in [0.15, 0.2) is 0 Å². The van der Waals surface area contributed by atoms with Crippen molar-refractivity contribution in [3.05, 3.63) is 78.2 Å². The molecule has 0 bridgehead atoms. The first-order valence-corrected chi connectivity index (χ1v) is 10.5. The molecule has 1 atom stereocenters. The van der Waals surface area contributed by atoms with E-state index < -0.39 is 0 Å². The number of hydrogen-bond acceptors (Lipinski definition) is 4. The van der Waals surface area contributed by atoms with Crippen LogP contribution in [0.5, 0.6) is 5.75 Å². The van der Waals surface area contributed by atoms with Crippen molar-refractivity contribution in [3.8, 4) is 17.0 Å². The van der Waals surface area contributed by atoms with Gasteiger partial charge in [-0.3, -0.25) is 14.8 Å². The highest BCUT2D eigenvalue weighted by molar-refractivity contribution is 5.77. The third kappa shape index (κ3) is 4.51. The molecule has 0 radical (unpaired) electrons. The number of hydrogen-bond donors (Lipinski definition) is 0. The molecule has 0 N–H and O–H groups in total. The lowest BCUT2D eigenvalue weighted by atomic mass is 9.91. The standard InChI is InChI=1S/C25H27N3O2/c1-30-22-12-6-5-11-21(22)25-24(26-15-16-27-25)20-10-7-17-28(18-20)23(29)14-13-19-8-3-2-4-9-19/h2-6,8-9,11-12,15-16,20H,7,10,13-14,17-18H2,1H3. The van der Waals surface area contributed by atoms with Crippen LogP contribution in [0.4, 0.5) is 0 Å². The molecule has 1 amide bonds. The van der Waals surface area contributed by atoms with E-state index in [0.717, 1.165) is 48.5 Å². The molecule has 5 nitrogen and oxygen atoms in total. The van der Waals surface area contributed by atoms with Gasteiger partial charge in [-0.2, -0.15) is 0 Å². The summed E-state index contributed by atoms with van der Waals surface area (Å²) in [5.74, 6) is 1.17. The Morgan fingerprint density at radius 1 is 1.07 bits per heavy atom. The number of benzene rings is 2. The maximum atomic E-state index is 12.9. The van der Waals surface area contributed by atoms with Crippen molar-refractivity contribution in [2.75, 3.05) is 20.2 Å². The van der Waals surface area contributed by atoms with Crippen LogP contribution in [0.15, 0.2) is 67.0 Å².